The number of nitrogens with zero attached hydrogens (tertiary/aromatic N) is 2. The number of carbonyl (C=O) groups is 3. The molecule has 1 fully saturated rings. The van der Waals surface area contributed by atoms with Crippen molar-refractivity contribution >= 4 is 70.3 Å². The second-order valence-corrected chi connectivity index (χ2v) is 16.4. The first-order valence-electron chi connectivity index (χ1n) is 21.1. The second-order valence-electron chi connectivity index (χ2n) is 16.4. The molecule has 3 aliphatic rings. The fourth-order valence-electron chi connectivity index (χ4n) is 8.41. The van der Waals surface area contributed by atoms with E-state index in [4.69, 9.17) is 9.97 Å². The number of amides is 4. The van der Waals surface area contributed by atoms with Gasteiger partial charge in [0.25, 0.3) is 11.8 Å². The van der Waals surface area contributed by atoms with Crippen molar-refractivity contribution in [3.05, 3.63) is 184 Å². The third kappa shape index (κ3) is 7.49. The van der Waals surface area contributed by atoms with Crippen molar-refractivity contribution in [3.63, 3.8) is 0 Å². The Morgan fingerprint density at radius 3 is 1.23 bits per heavy atom. The van der Waals surface area contributed by atoms with E-state index in [0.29, 0.717) is 0 Å². The lowest BCUT2D eigenvalue weighted by Crippen LogP contribution is -2.51. The van der Waals surface area contributed by atoms with Crippen LogP contribution >= 0.6 is 0 Å². The highest BCUT2D eigenvalue weighted by Gasteiger charge is 2.27. The zero-order valence-corrected chi connectivity index (χ0v) is 35.6. The molecule has 3 aliphatic heterocycles. The van der Waals surface area contributed by atoms with Gasteiger partial charge in [0.15, 0.2) is 0 Å². The average Bonchev–Trinajstić information content (AvgIpc) is 4.12. The number of hydrogen-bond acceptors (Lipinski definition) is 5. The number of urea groups is 1. The fourth-order valence-corrected chi connectivity index (χ4v) is 8.41. The molecule has 4 aromatic carbocycles. The number of barbiturate groups is 1. The van der Waals surface area contributed by atoms with Gasteiger partial charge in [0.1, 0.15) is 5.57 Å². The molecular weight excluding hydrogens is 793 g/mol. The minimum Gasteiger partial charge on any atom is -0.354 e. The van der Waals surface area contributed by atoms with Gasteiger partial charge in [0.05, 0.1) is 28.3 Å². The molecule has 0 aliphatic carbocycles. The summed E-state index contributed by atoms with van der Waals surface area (Å²) < 4.78 is 0. The summed E-state index contributed by atoms with van der Waals surface area (Å²) >= 11 is 0. The zero-order valence-electron chi connectivity index (χ0n) is 35.6. The van der Waals surface area contributed by atoms with E-state index < -0.39 is 17.8 Å². The average molecular weight is 835 g/mol. The summed E-state index contributed by atoms with van der Waals surface area (Å²) in [5.41, 5.74) is 19.2. The number of aromatic nitrogens is 4. The Morgan fingerprint density at radius 1 is 0.438 bits per heavy atom. The lowest BCUT2D eigenvalue weighted by molar-refractivity contribution is -0.124. The summed E-state index contributed by atoms with van der Waals surface area (Å²) in [6.45, 7) is 8.30. The standard InChI is InChI=1S/C55H42N6O3/c1-31-8-16-35(17-9-31)48-41-24-25-42(56-41)49(36-18-10-32(2)11-19-36)44-28-29-46(58-44)51(38-22-14-34(4)15-23-38)52-39(6-5-7-40-53(62)60-55(64)61-54(40)63)30-47(59-52)50(45-27-26-43(48)57-45)37-20-12-33(3)13-21-37/h5-30,56,59H,1-4H3,(H2,60,61,62,63,64)/b6-5-,48-41?,48-43?,49-42?,49-44?,50-45?,50-47?,51-46?,52-51?. The molecule has 0 radical (unpaired) electrons. The predicted octanol–water partition coefficient (Wildman–Crippen LogP) is 11.9. The van der Waals surface area contributed by atoms with Crippen LogP contribution in [0.1, 0.15) is 50.6 Å². The Bertz CT molecular complexity index is 3360. The van der Waals surface area contributed by atoms with E-state index in [2.05, 4.69) is 188 Å². The van der Waals surface area contributed by atoms with Gasteiger partial charge in [0, 0.05) is 44.4 Å². The Hall–Kier alpha value is -8.43. The Balaban J connectivity index is 1.38. The maximum atomic E-state index is 12.7. The summed E-state index contributed by atoms with van der Waals surface area (Å²) in [5, 5.41) is 4.31. The van der Waals surface area contributed by atoms with Crippen LogP contribution in [0.15, 0.2) is 133 Å². The summed E-state index contributed by atoms with van der Waals surface area (Å²) in [6.07, 6.45) is 13.2. The lowest BCUT2D eigenvalue weighted by Gasteiger charge is -2.12. The largest absolute Gasteiger partial charge is 0.354 e. The Labute approximate surface area is 369 Å². The third-order valence-electron chi connectivity index (χ3n) is 11.7. The van der Waals surface area contributed by atoms with Gasteiger partial charge in [0.2, 0.25) is 0 Å². The van der Waals surface area contributed by atoms with Gasteiger partial charge >= 0.3 is 6.03 Å². The van der Waals surface area contributed by atoms with Crippen molar-refractivity contribution in [2.24, 2.45) is 0 Å². The van der Waals surface area contributed by atoms with E-state index in [1.54, 1.807) is 6.08 Å². The van der Waals surface area contributed by atoms with Crippen molar-refractivity contribution in [2.75, 3.05) is 0 Å². The van der Waals surface area contributed by atoms with Gasteiger partial charge in [-0.1, -0.05) is 131 Å². The highest BCUT2D eigenvalue weighted by molar-refractivity contribution is 6.29. The minimum atomic E-state index is -0.852. The first-order valence-corrected chi connectivity index (χ1v) is 21.1. The van der Waals surface area contributed by atoms with Crippen LogP contribution in [0.25, 0.3) is 97.0 Å². The van der Waals surface area contributed by atoms with Crippen LogP contribution in [0.2, 0.25) is 0 Å². The Morgan fingerprint density at radius 2 is 0.812 bits per heavy atom. The normalized spacial score (nSPS) is 13.4. The molecule has 0 spiro atoms. The summed E-state index contributed by atoms with van der Waals surface area (Å²) in [6, 6.07) is 39.3. The number of fused-ring (bicyclic) bond motifs is 8. The number of H-pyrrole nitrogens is 2. The van der Waals surface area contributed by atoms with Crippen molar-refractivity contribution in [1.82, 2.24) is 30.6 Å². The van der Waals surface area contributed by atoms with Crippen LogP contribution in [-0.2, 0) is 9.59 Å². The molecule has 6 heterocycles. The third-order valence-corrected chi connectivity index (χ3v) is 11.7. The highest BCUT2D eigenvalue weighted by atomic mass is 16.2. The molecule has 0 unspecified atom stereocenters. The van der Waals surface area contributed by atoms with Gasteiger partial charge in [-0.05, 0) is 98.5 Å². The van der Waals surface area contributed by atoms with Crippen molar-refractivity contribution in [1.29, 1.82) is 0 Å². The van der Waals surface area contributed by atoms with Crippen LogP contribution in [0.4, 0.5) is 4.79 Å². The van der Waals surface area contributed by atoms with Gasteiger partial charge < -0.3 is 9.97 Å². The van der Waals surface area contributed by atoms with Gasteiger partial charge in [-0.15, -0.1) is 0 Å². The molecule has 9 heteroatoms. The van der Waals surface area contributed by atoms with Crippen molar-refractivity contribution < 1.29 is 14.4 Å². The molecular formula is C55H42N6O3. The van der Waals surface area contributed by atoms with Crippen molar-refractivity contribution in [3.8, 4) is 44.5 Å². The predicted molar refractivity (Wildman–Crippen MR) is 258 cm³/mol. The minimum absolute atomic E-state index is 0.184. The number of allylic oxidation sites excluding steroid dienone is 2. The maximum Gasteiger partial charge on any atom is 0.328 e. The molecule has 0 saturated carbocycles. The summed E-state index contributed by atoms with van der Waals surface area (Å²) in [5.74, 6) is -1.54. The topological polar surface area (TPSA) is 133 Å². The molecule has 4 amide bonds. The number of benzene rings is 4. The van der Waals surface area contributed by atoms with E-state index in [-0.39, 0.29) is 5.57 Å². The molecule has 64 heavy (non-hydrogen) atoms. The number of carbonyl (C=O) groups excluding carboxylic acids is 3. The molecule has 0 atom stereocenters. The smallest absolute Gasteiger partial charge is 0.328 e. The van der Waals surface area contributed by atoms with E-state index >= 15 is 0 Å². The van der Waals surface area contributed by atoms with Gasteiger partial charge in [-0.2, -0.15) is 0 Å². The number of hydrogen-bond donors (Lipinski definition) is 4. The fraction of sp³-hybridized carbons (Fsp3) is 0.0727. The quantitative estimate of drug-likeness (QED) is 0.0978. The van der Waals surface area contributed by atoms with Crippen LogP contribution in [0, 0.1) is 27.7 Å². The molecule has 9 nitrogen and oxygen atoms in total. The first-order chi connectivity index (χ1) is 31.1. The summed E-state index contributed by atoms with van der Waals surface area (Å²) in [4.78, 5) is 55.9. The van der Waals surface area contributed by atoms with Crippen LogP contribution in [0.5, 0.6) is 0 Å². The molecule has 310 valence electrons. The number of aryl methyl sites for hydroxylation is 4. The van der Waals surface area contributed by atoms with E-state index in [1.165, 1.54) is 6.08 Å². The number of nitrogens with one attached hydrogen (secondary N) is 4. The molecule has 4 N–H and O–H groups in total. The van der Waals surface area contributed by atoms with Crippen LogP contribution in [-0.4, -0.2) is 37.8 Å². The SMILES string of the molecule is Cc1ccc(-c2c3nc(c(-c4ccc(C)cc4)c4cc(/C=C\C=C5C(=O)NC(=O)NC5=O)c([nH]4)c(-c4ccc(C)cc4)c4nc(c(-c5ccc(C)cc5)c5ccc2[nH]5)C=C4)C=C3)cc1. The molecule has 3 aromatic heterocycles. The molecule has 10 rings (SSSR count). The van der Waals surface area contributed by atoms with Crippen LogP contribution < -0.4 is 10.6 Å². The monoisotopic (exact) mass is 834 g/mol. The number of rotatable bonds is 6. The Kier molecular flexibility index (Phi) is 10.00. The van der Waals surface area contributed by atoms with E-state index in [1.807, 2.05) is 6.08 Å². The number of aromatic amines is 2. The zero-order chi connectivity index (χ0) is 44.1. The first kappa shape index (κ1) is 39.7. The second kappa shape index (κ2) is 16.1. The summed E-state index contributed by atoms with van der Waals surface area (Å²) in [7, 11) is 0. The molecule has 7 aromatic rings. The number of imide groups is 2. The maximum absolute atomic E-state index is 12.7. The lowest BCUT2D eigenvalue weighted by atomic mass is 10.00. The highest BCUT2D eigenvalue weighted by Crippen LogP contribution is 2.40. The molecule has 1 saturated heterocycles. The van der Waals surface area contributed by atoms with E-state index in [9.17, 15) is 14.4 Å². The van der Waals surface area contributed by atoms with Crippen molar-refractivity contribution in [2.45, 2.75) is 27.7 Å². The molecule has 8 bridgehead atoms. The van der Waals surface area contributed by atoms with Gasteiger partial charge in [-0.3, -0.25) is 20.2 Å². The van der Waals surface area contributed by atoms with Crippen LogP contribution in [0.3, 0.4) is 0 Å². The van der Waals surface area contributed by atoms with Gasteiger partial charge in [-0.25, -0.2) is 14.8 Å². The van der Waals surface area contributed by atoms with E-state index in [0.717, 1.165) is 117 Å².